The summed E-state index contributed by atoms with van der Waals surface area (Å²) in [5, 5.41) is 2.92. The largest absolute Gasteiger partial charge is 0.470 e. The highest BCUT2D eigenvalue weighted by Gasteiger charge is 2.32. The highest BCUT2D eigenvalue weighted by Crippen LogP contribution is 2.20. The summed E-state index contributed by atoms with van der Waals surface area (Å²) < 4.78 is 10.0. The van der Waals surface area contributed by atoms with Crippen molar-refractivity contribution in [1.29, 1.82) is 0 Å². The van der Waals surface area contributed by atoms with Gasteiger partial charge in [0.1, 0.15) is 0 Å². The summed E-state index contributed by atoms with van der Waals surface area (Å²) in [6, 6.07) is 7.53. The summed E-state index contributed by atoms with van der Waals surface area (Å²) in [7, 11) is 0. The van der Waals surface area contributed by atoms with E-state index in [0.29, 0.717) is 0 Å². The van der Waals surface area contributed by atoms with Crippen molar-refractivity contribution >= 4 is 17.4 Å². The zero-order valence-electron chi connectivity index (χ0n) is 10.9. The molecule has 0 spiro atoms. The number of hydrogen-bond acceptors (Lipinski definition) is 5. The molecule has 5 nitrogen and oxygen atoms in total. The van der Waals surface area contributed by atoms with Crippen LogP contribution in [0.5, 0.6) is 0 Å². The van der Waals surface area contributed by atoms with Crippen molar-refractivity contribution < 1.29 is 19.1 Å². The molecule has 0 unspecified atom stereocenters. The second kappa shape index (κ2) is 5.56. The average Bonchev–Trinajstić information content (AvgIpc) is 2.74. The van der Waals surface area contributed by atoms with Gasteiger partial charge in [-0.1, -0.05) is 17.7 Å². The quantitative estimate of drug-likeness (QED) is 0.661. The molecule has 0 aliphatic carbocycles. The molecule has 0 saturated carbocycles. The Morgan fingerprint density at radius 2 is 2.05 bits per heavy atom. The normalized spacial score (nSPS) is 14.3. The third-order valence-corrected chi connectivity index (χ3v) is 2.64. The van der Waals surface area contributed by atoms with Gasteiger partial charge >= 0.3 is 5.97 Å². The maximum Gasteiger partial charge on any atom is 0.347 e. The fraction of sp³-hybridized carbons (Fsp3) is 0.286. The topological polar surface area (TPSA) is 64.6 Å². The maximum atomic E-state index is 11.7. The number of hydrogen-bond donors (Lipinski definition) is 1. The second-order valence-electron chi connectivity index (χ2n) is 4.13. The van der Waals surface area contributed by atoms with Crippen molar-refractivity contribution in [3.05, 3.63) is 41.3 Å². The number of ketones is 1. The Morgan fingerprint density at radius 1 is 1.37 bits per heavy atom. The lowest BCUT2D eigenvalue weighted by Crippen LogP contribution is -2.16. The molecule has 1 aliphatic heterocycles. The number of anilines is 1. The van der Waals surface area contributed by atoms with Crippen LogP contribution in [-0.2, 0) is 19.1 Å². The minimum atomic E-state index is -0.653. The first-order valence-corrected chi connectivity index (χ1v) is 6.03. The van der Waals surface area contributed by atoms with E-state index in [-0.39, 0.29) is 30.5 Å². The van der Waals surface area contributed by atoms with E-state index in [4.69, 9.17) is 9.47 Å². The van der Waals surface area contributed by atoms with Crippen LogP contribution >= 0.6 is 0 Å². The minimum Gasteiger partial charge on any atom is -0.470 e. The third kappa shape index (κ3) is 2.93. The molecule has 0 amide bonds. The molecule has 1 heterocycles. The Kier molecular flexibility index (Phi) is 3.85. The number of esters is 1. The van der Waals surface area contributed by atoms with E-state index < -0.39 is 5.97 Å². The lowest BCUT2D eigenvalue weighted by Gasteiger charge is -2.08. The predicted molar refractivity (Wildman–Crippen MR) is 69.4 cm³/mol. The highest BCUT2D eigenvalue weighted by atomic mass is 16.5. The average molecular weight is 261 g/mol. The number of ether oxygens (including phenoxy) is 2. The van der Waals surface area contributed by atoms with E-state index in [1.165, 1.54) is 0 Å². The van der Waals surface area contributed by atoms with Crippen LogP contribution in [0.3, 0.4) is 0 Å². The van der Waals surface area contributed by atoms with Gasteiger partial charge in [-0.2, -0.15) is 0 Å². The van der Waals surface area contributed by atoms with Gasteiger partial charge < -0.3 is 14.8 Å². The lowest BCUT2D eigenvalue weighted by atomic mass is 10.2. The van der Waals surface area contributed by atoms with Crippen LogP contribution in [0, 0.1) is 6.92 Å². The first kappa shape index (κ1) is 13.1. The van der Waals surface area contributed by atoms with E-state index in [2.05, 4.69) is 5.32 Å². The van der Waals surface area contributed by atoms with Crippen LogP contribution in [-0.4, -0.2) is 25.0 Å². The molecule has 1 aliphatic rings. The van der Waals surface area contributed by atoms with Gasteiger partial charge in [-0.25, -0.2) is 4.79 Å². The minimum absolute atomic E-state index is 0.0533. The summed E-state index contributed by atoms with van der Waals surface area (Å²) in [6.07, 6.45) is 0. The number of benzene rings is 1. The van der Waals surface area contributed by atoms with Gasteiger partial charge in [0.05, 0.1) is 6.61 Å². The first-order chi connectivity index (χ1) is 9.11. The molecular weight excluding hydrogens is 246 g/mol. The van der Waals surface area contributed by atoms with E-state index in [0.717, 1.165) is 11.3 Å². The third-order valence-electron chi connectivity index (χ3n) is 2.64. The van der Waals surface area contributed by atoms with Crippen LogP contribution in [0.15, 0.2) is 35.7 Å². The molecule has 1 aromatic rings. The van der Waals surface area contributed by atoms with Crippen molar-refractivity contribution in [2.45, 2.75) is 13.8 Å². The van der Waals surface area contributed by atoms with E-state index in [1.54, 1.807) is 6.92 Å². The van der Waals surface area contributed by atoms with E-state index in [1.807, 2.05) is 31.2 Å². The molecule has 0 atom stereocenters. The molecule has 0 fully saturated rings. The van der Waals surface area contributed by atoms with Crippen molar-refractivity contribution in [2.75, 3.05) is 18.5 Å². The van der Waals surface area contributed by atoms with Gasteiger partial charge in [0.15, 0.2) is 12.2 Å². The summed E-state index contributed by atoms with van der Waals surface area (Å²) in [5.41, 5.74) is 1.81. The van der Waals surface area contributed by atoms with Crippen LogP contribution in [0.25, 0.3) is 0 Å². The summed E-state index contributed by atoms with van der Waals surface area (Å²) in [6.45, 7) is 3.74. The Hall–Kier alpha value is -2.30. The predicted octanol–water partition coefficient (Wildman–Crippen LogP) is 1.78. The number of rotatable bonds is 4. The van der Waals surface area contributed by atoms with Gasteiger partial charge in [0.2, 0.25) is 11.7 Å². The van der Waals surface area contributed by atoms with Crippen molar-refractivity contribution in [3.63, 3.8) is 0 Å². The molecule has 5 heteroatoms. The van der Waals surface area contributed by atoms with Crippen LogP contribution in [0.4, 0.5) is 5.69 Å². The van der Waals surface area contributed by atoms with E-state index >= 15 is 0 Å². The molecule has 0 radical (unpaired) electrons. The number of carbonyl (C=O) groups excluding carboxylic acids is 2. The molecule has 1 aromatic carbocycles. The molecule has 0 aromatic heterocycles. The van der Waals surface area contributed by atoms with Gasteiger partial charge in [0.25, 0.3) is 0 Å². The number of carbonyl (C=O) groups is 2. The van der Waals surface area contributed by atoms with Crippen LogP contribution < -0.4 is 5.32 Å². The standard InChI is InChI=1S/C14H15NO4/c1-3-18-14(17)12-11(16)8-19-13(12)15-10-6-4-9(2)5-7-10/h4-7,15H,3,8H2,1-2H3. The Bertz CT molecular complexity index is 531. The fourth-order valence-electron chi connectivity index (χ4n) is 1.69. The number of Topliss-reactive ketones (excluding diaryl/α,β-unsaturated/α-hetero) is 1. The fourth-order valence-corrected chi connectivity index (χ4v) is 1.69. The van der Waals surface area contributed by atoms with Crippen molar-refractivity contribution in [3.8, 4) is 0 Å². The zero-order chi connectivity index (χ0) is 13.8. The Balaban J connectivity index is 2.22. The highest BCUT2D eigenvalue weighted by molar-refractivity contribution is 6.19. The van der Waals surface area contributed by atoms with E-state index in [9.17, 15) is 9.59 Å². The van der Waals surface area contributed by atoms with Crippen molar-refractivity contribution in [1.82, 2.24) is 0 Å². The molecule has 0 bridgehead atoms. The molecule has 0 saturated heterocycles. The van der Waals surface area contributed by atoms with Crippen LogP contribution in [0.2, 0.25) is 0 Å². The first-order valence-electron chi connectivity index (χ1n) is 6.03. The van der Waals surface area contributed by atoms with Crippen LogP contribution in [0.1, 0.15) is 12.5 Å². The van der Waals surface area contributed by atoms with Gasteiger partial charge in [-0.3, -0.25) is 4.79 Å². The molecular formula is C14H15NO4. The van der Waals surface area contributed by atoms with Crippen molar-refractivity contribution in [2.24, 2.45) is 0 Å². The van der Waals surface area contributed by atoms with Gasteiger partial charge in [0, 0.05) is 5.69 Å². The Labute approximate surface area is 111 Å². The van der Waals surface area contributed by atoms with Gasteiger partial charge in [-0.05, 0) is 26.0 Å². The number of aryl methyl sites for hydroxylation is 1. The molecule has 19 heavy (non-hydrogen) atoms. The van der Waals surface area contributed by atoms with Gasteiger partial charge in [-0.15, -0.1) is 0 Å². The zero-order valence-corrected chi connectivity index (χ0v) is 10.9. The summed E-state index contributed by atoms with van der Waals surface area (Å²) in [5.74, 6) is -0.861. The molecule has 2 rings (SSSR count). The monoisotopic (exact) mass is 261 g/mol. The summed E-state index contributed by atoms with van der Waals surface area (Å²) >= 11 is 0. The smallest absolute Gasteiger partial charge is 0.347 e. The SMILES string of the molecule is CCOC(=O)C1=C(Nc2ccc(C)cc2)OCC1=O. The molecule has 100 valence electrons. The lowest BCUT2D eigenvalue weighted by molar-refractivity contribution is -0.139. The number of nitrogens with one attached hydrogen (secondary N) is 1. The molecule has 1 N–H and O–H groups in total. The Morgan fingerprint density at radius 3 is 2.68 bits per heavy atom. The summed E-state index contributed by atoms with van der Waals surface area (Å²) in [4.78, 5) is 23.3. The second-order valence-corrected chi connectivity index (χ2v) is 4.13. The maximum absolute atomic E-state index is 11.7.